The number of hydrogen-bond donors (Lipinski definition) is 2. The molecule has 0 fully saturated rings. The fourth-order valence-corrected chi connectivity index (χ4v) is 1.43. The SMILES string of the molecule is CC(CCNO)Cc1ccccc1. The van der Waals surface area contributed by atoms with Crippen LogP contribution in [0, 0.1) is 5.92 Å². The smallest absolute Gasteiger partial charge is 0.0210 e. The van der Waals surface area contributed by atoms with E-state index in [2.05, 4.69) is 36.7 Å². The van der Waals surface area contributed by atoms with Crippen molar-refractivity contribution >= 4 is 0 Å². The minimum Gasteiger partial charge on any atom is -0.317 e. The lowest BCUT2D eigenvalue weighted by Crippen LogP contribution is -2.13. The highest BCUT2D eigenvalue weighted by Gasteiger charge is 2.02. The molecule has 0 saturated heterocycles. The predicted octanol–water partition coefficient (Wildman–Crippen LogP) is 2.23. The average molecular weight is 179 g/mol. The summed E-state index contributed by atoms with van der Waals surface area (Å²) < 4.78 is 0. The van der Waals surface area contributed by atoms with E-state index in [1.54, 1.807) is 0 Å². The highest BCUT2D eigenvalue weighted by Crippen LogP contribution is 2.10. The largest absolute Gasteiger partial charge is 0.317 e. The fourth-order valence-electron chi connectivity index (χ4n) is 1.43. The van der Waals surface area contributed by atoms with Gasteiger partial charge in [0.05, 0.1) is 0 Å². The third kappa shape index (κ3) is 4.06. The summed E-state index contributed by atoms with van der Waals surface area (Å²) in [5, 5.41) is 8.43. The molecule has 1 atom stereocenters. The van der Waals surface area contributed by atoms with E-state index in [0.717, 1.165) is 12.8 Å². The van der Waals surface area contributed by atoms with Gasteiger partial charge in [-0.2, -0.15) is 0 Å². The van der Waals surface area contributed by atoms with Crippen LogP contribution < -0.4 is 5.48 Å². The first-order valence-electron chi connectivity index (χ1n) is 4.74. The highest BCUT2D eigenvalue weighted by atomic mass is 16.5. The van der Waals surface area contributed by atoms with Crippen LogP contribution in [0.25, 0.3) is 0 Å². The van der Waals surface area contributed by atoms with E-state index in [1.807, 2.05) is 6.07 Å². The Hall–Kier alpha value is -0.860. The van der Waals surface area contributed by atoms with Crippen LogP contribution in [0.15, 0.2) is 30.3 Å². The molecule has 13 heavy (non-hydrogen) atoms. The van der Waals surface area contributed by atoms with E-state index >= 15 is 0 Å². The number of benzene rings is 1. The van der Waals surface area contributed by atoms with Gasteiger partial charge in [-0.15, -0.1) is 0 Å². The van der Waals surface area contributed by atoms with Crippen molar-refractivity contribution in [3.8, 4) is 0 Å². The van der Waals surface area contributed by atoms with Crippen molar-refractivity contribution in [1.29, 1.82) is 0 Å². The summed E-state index contributed by atoms with van der Waals surface area (Å²) in [5.41, 5.74) is 3.55. The van der Waals surface area contributed by atoms with Gasteiger partial charge in [-0.1, -0.05) is 37.3 Å². The maximum absolute atomic E-state index is 8.43. The van der Waals surface area contributed by atoms with Crippen LogP contribution in [0.2, 0.25) is 0 Å². The highest BCUT2D eigenvalue weighted by molar-refractivity contribution is 5.14. The molecule has 0 aromatic heterocycles. The van der Waals surface area contributed by atoms with Gasteiger partial charge in [-0.25, -0.2) is 5.48 Å². The zero-order valence-corrected chi connectivity index (χ0v) is 8.03. The van der Waals surface area contributed by atoms with Crippen LogP contribution in [-0.4, -0.2) is 11.8 Å². The molecule has 2 heteroatoms. The van der Waals surface area contributed by atoms with Gasteiger partial charge in [0.2, 0.25) is 0 Å². The van der Waals surface area contributed by atoms with E-state index in [-0.39, 0.29) is 0 Å². The fraction of sp³-hybridized carbons (Fsp3) is 0.455. The normalized spacial score (nSPS) is 12.8. The molecule has 0 aliphatic heterocycles. The lowest BCUT2D eigenvalue weighted by Gasteiger charge is -2.10. The molecule has 1 aromatic rings. The number of hydroxylamine groups is 1. The second-order valence-electron chi connectivity index (χ2n) is 3.49. The summed E-state index contributed by atoms with van der Waals surface area (Å²) in [6.45, 7) is 2.87. The molecule has 0 amide bonds. The molecule has 2 nitrogen and oxygen atoms in total. The molecule has 0 spiro atoms. The average Bonchev–Trinajstić information content (AvgIpc) is 2.16. The van der Waals surface area contributed by atoms with Gasteiger partial charge < -0.3 is 5.21 Å². The molecule has 0 aliphatic rings. The lowest BCUT2D eigenvalue weighted by atomic mass is 9.98. The third-order valence-corrected chi connectivity index (χ3v) is 2.18. The number of nitrogens with one attached hydrogen (secondary N) is 1. The molecule has 0 aliphatic carbocycles. The van der Waals surface area contributed by atoms with Crippen LogP contribution >= 0.6 is 0 Å². The van der Waals surface area contributed by atoms with Crippen molar-refractivity contribution in [1.82, 2.24) is 5.48 Å². The minimum atomic E-state index is 0.613. The summed E-state index contributed by atoms with van der Waals surface area (Å²) in [5.74, 6) is 0.613. The first-order valence-corrected chi connectivity index (χ1v) is 4.74. The van der Waals surface area contributed by atoms with Gasteiger partial charge in [0, 0.05) is 6.54 Å². The Labute approximate surface area is 79.6 Å². The minimum absolute atomic E-state index is 0.613. The predicted molar refractivity (Wildman–Crippen MR) is 53.7 cm³/mol. The van der Waals surface area contributed by atoms with Gasteiger partial charge in [0.1, 0.15) is 0 Å². The standard InChI is InChI=1S/C11H17NO/c1-10(7-8-12-13)9-11-5-3-2-4-6-11/h2-6,10,12-13H,7-9H2,1H3. The molecule has 0 saturated carbocycles. The molecular weight excluding hydrogens is 162 g/mol. The van der Waals surface area contributed by atoms with Gasteiger partial charge in [-0.05, 0) is 24.3 Å². The third-order valence-electron chi connectivity index (χ3n) is 2.18. The number of hydrogen-bond acceptors (Lipinski definition) is 2. The Morgan fingerprint density at radius 3 is 2.62 bits per heavy atom. The first kappa shape index (κ1) is 10.2. The van der Waals surface area contributed by atoms with Gasteiger partial charge >= 0.3 is 0 Å². The number of rotatable bonds is 5. The van der Waals surface area contributed by atoms with Crippen molar-refractivity contribution in [2.45, 2.75) is 19.8 Å². The second-order valence-corrected chi connectivity index (χ2v) is 3.49. The van der Waals surface area contributed by atoms with Crippen molar-refractivity contribution in [2.24, 2.45) is 5.92 Å². The van der Waals surface area contributed by atoms with E-state index in [1.165, 1.54) is 5.56 Å². The Bertz CT molecular complexity index is 223. The van der Waals surface area contributed by atoms with E-state index in [4.69, 9.17) is 5.21 Å². The van der Waals surface area contributed by atoms with Crippen molar-refractivity contribution in [3.05, 3.63) is 35.9 Å². The first-order chi connectivity index (χ1) is 6.33. The molecule has 0 heterocycles. The lowest BCUT2D eigenvalue weighted by molar-refractivity contribution is 0.160. The maximum Gasteiger partial charge on any atom is 0.0210 e. The summed E-state index contributed by atoms with van der Waals surface area (Å²) in [6, 6.07) is 10.4. The summed E-state index contributed by atoms with van der Waals surface area (Å²) in [7, 11) is 0. The molecule has 1 aromatic carbocycles. The quantitative estimate of drug-likeness (QED) is 0.679. The van der Waals surface area contributed by atoms with Crippen LogP contribution in [-0.2, 0) is 6.42 Å². The van der Waals surface area contributed by atoms with Crippen LogP contribution in [0.3, 0.4) is 0 Å². The molecule has 1 unspecified atom stereocenters. The Morgan fingerprint density at radius 2 is 2.00 bits per heavy atom. The Morgan fingerprint density at radius 1 is 1.31 bits per heavy atom. The van der Waals surface area contributed by atoms with E-state index in [9.17, 15) is 0 Å². The van der Waals surface area contributed by atoms with Crippen LogP contribution in [0.1, 0.15) is 18.9 Å². The van der Waals surface area contributed by atoms with Gasteiger partial charge in [-0.3, -0.25) is 0 Å². The molecule has 1 rings (SSSR count). The topological polar surface area (TPSA) is 32.3 Å². The summed E-state index contributed by atoms with van der Waals surface area (Å²) in [6.07, 6.45) is 2.09. The van der Waals surface area contributed by atoms with E-state index < -0.39 is 0 Å². The van der Waals surface area contributed by atoms with E-state index in [0.29, 0.717) is 12.5 Å². The molecule has 2 N–H and O–H groups in total. The molecule has 0 radical (unpaired) electrons. The Balaban J connectivity index is 2.32. The van der Waals surface area contributed by atoms with Crippen molar-refractivity contribution < 1.29 is 5.21 Å². The monoisotopic (exact) mass is 179 g/mol. The zero-order chi connectivity index (χ0) is 9.52. The van der Waals surface area contributed by atoms with Gasteiger partial charge in [0.15, 0.2) is 0 Å². The molecular formula is C11H17NO. The van der Waals surface area contributed by atoms with Crippen molar-refractivity contribution in [2.75, 3.05) is 6.54 Å². The Kier molecular flexibility index (Phi) is 4.50. The molecule has 0 bridgehead atoms. The second kappa shape index (κ2) is 5.73. The maximum atomic E-state index is 8.43. The molecule has 72 valence electrons. The summed E-state index contributed by atoms with van der Waals surface area (Å²) in [4.78, 5) is 0. The van der Waals surface area contributed by atoms with Crippen LogP contribution in [0.4, 0.5) is 0 Å². The zero-order valence-electron chi connectivity index (χ0n) is 8.03. The van der Waals surface area contributed by atoms with Crippen molar-refractivity contribution in [3.63, 3.8) is 0 Å². The van der Waals surface area contributed by atoms with Gasteiger partial charge in [0.25, 0.3) is 0 Å². The summed E-state index contributed by atoms with van der Waals surface area (Å²) >= 11 is 0. The van der Waals surface area contributed by atoms with Crippen LogP contribution in [0.5, 0.6) is 0 Å².